The van der Waals surface area contributed by atoms with E-state index in [1.165, 1.54) is 0 Å². The van der Waals surface area contributed by atoms with Gasteiger partial charge in [0.05, 0.1) is 13.2 Å². The summed E-state index contributed by atoms with van der Waals surface area (Å²) in [5.74, 6) is -1.90. The lowest BCUT2D eigenvalue weighted by Gasteiger charge is -2.24. The second kappa shape index (κ2) is 13.7. The molecule has 0 bridgehead atoms. The number of nitrogens with two attached hydrogens (primary N) is 1. The molecule has 0 aliphatic carbocycles. The van der Waals surface area contributed by atoms with Crippen LogP contribution in [0.2, 0.25) is 0 Å². The second-order valence-electron chi connectivity index (χ2n) is 5.54. The van der Waals surface area contributed by atoms with E-state index in [1.807, 2.05) is 0 Å². The maximum Gasteiger partial charge on any atom is 0.217 e. The molecular weight excluding hydrogens is 374 g/mol. The summed E-state index contributed by atoms with van der Waals surface area (Å²) >= 11 is 0. The minimum atomic E-state index is -1.80. The predicted molar refractivity (Wildman–Crippen MR) is 85.9 cm³/mol. The van der Waals surface area contributed by atoms with Crippen LogP contribution in [0.3, 0.4) is 0 Å². The molecule has 0 aliphatic heterocycles. The van der Waals surface area contributed by atoms with Crippen LogP contribution in [0.4, 0.5) is 0 Å². The molecule has 8 atom stereocenters. The first kappa shape index (κ1) is 27.8. The molecule has 13 heteroatoms. The van der Waals surface area contributed by atoms with E-state index in [1.54, 1.807) is 0 Å². The van der Waals surface area contributed by atoms with Crippen LogP contribution in [0, 0.1) is 0 Å². The van der Waals surface area contributed by atoms with Gasteiger partial charge in [0, 0.05) is 6.92 Å². The standard InChI is InChI=1S/C8H15NO6.C6H12O6/c1-3(11)6(13)5(9)8(15)7(14)4(12)2-10;7-1-3(9)5(11)6(12)4(10)2-8/h4-5,7-8,10,12,14-15H,2,9H2,1H3;1,3-6,8-12H,2H2/t4-,5+,7+,8-;3-,4+,5+,6-/m10/s1. The Morgan fingerprint density at radius 3 is 1.48 bits per heavy atom. The number of carbonyl (C=O) groups is 3. The van der Waals surface area contributed by atoms with Crippen molar-refractivity contribution < 1.29 is 60.3 Å². The molecule has 0 radical (unpaired) electrons. The zero-order valence-electron chi connectivity index (χ0n) is 14.4. The third-order valence-corrected chi connectivity index (χ3v) is 3.37. The van der Waals surface area contributed by atoms with Crippen molar-refractivity contribution in [3.63, 3.8) is 0 Å². The zero-order chi connectivity index (χ0) is 21.9. The Bertz CT molecular complexity index is 461. The number of ketones is 2. The molecule has 0 spiro atoms. The van der Waals surface area contributed by atoms with Gasteiger partial charge in [-0.15, -0.1) is 0 Å². The quantitative estimate of drug-likeness (QED) is 0.114. The fraction of sp³-hybridized carbons (Fsp3) is 0.786. The molecule has 27 heavy (non-hydrogen) atoms. The van der Waals surface area contributed by atoms with Gasteiger partial charge in [0.25, 0.3) is 0 Å². The Hall–Kier alpha value is -1.39. The highest BCUT2D eigenvalue weighted by Gasteiger charge is 2.34. The predicted octanol–water partition coefficient (Wildman–Crippen LogP) is -6.83. The Labute approximate surface area is 153 Å². The summed E-state index contributed by atoms with van der Waals surface area (Å²) < 4.78 is 0. The lowest BCUT2D eigenvalue weighted by Crippen LogP contribution is -2.54. The first-order chi connectivity index (χ1) is 12.4. The number of aldehydes is 1. The molecule has 11 N–H and O–H groups in total. The van der Waals surface area contributed by atoms with Gasteiger partial charge in [0.15, 0.2) is 12.1 Å². The van der Waals surface area contributed by atoms with Gasteiger partial charge in [0.2, 0.25) is 5.78 Å². The first-order valence-corrected chi connectivity index (χ1v) is 7.61. The summed E-state index contributed by atoms with van der Waals surface area (Å²) in [4.78, 5) is 31.5. The molecule has 0 aliphatic rings. The van der Waals surface area contributed by atoms with Gasteiger partial charge in [-0.1, -0.05) is 0 Å². The molecule has 0 aromatic rings. The number of aliphatic hydroxyl groups excluding tert-OH is 9. The number of aliphatic hydroxyl groups is 9. The molecule has 0 unspecified atom stereocenters. The topological polar surface area (TPSA) is 259 Å². The molecular formula is C14H27NO12. The summed E-state index contributed by atoms with van der Waals surface area (Å²) in [5.41, 5.74) is 5.18. The van der Waals surface area contributed by atoms with Crippen LogP contribution in [0.5, 0.6) is 0 Å². The van der Waals surface area contributed by atoms with E-state index in [0.29, 0.717) is 0 Å². The maximum absolute atomic E-state index is 11.0. The summed E-state index contributed by atoms with van der Waals surface area (Å²) in [5, 5.41) is 79.4. The van der Waals surface area contributed by atoms with Crippen LogP contribution in [0.1, 0.15) is 6.92 Å². The van der Waals surface area contributed by atoms with E-state index >= 15 is 0 Å². The lowest BCUT2D eigenvalue weighted by molar-refractivity contribution is -0.141. The summed E-state index contributed by atoms with van der Waals surface area (Å²) in [6.45, 7) is -0.577. The van der Waals surface area contributed by atoms with Crippen molar-refractivity contribution in [1.29, 1.82) is 0 Å². The maximum atomic E-state index is 11.0. The van der Waals surface area contributed by atoms with Gasteiger partial charge in [0.1, 0.15) is 48.8 Å². The molecule has 0 aromatic heterocycles. The fourth-order valence-corrected chi connectivity index (χ4v) is 1.56. The summed E-state index contributed by atoms with van der Waals surface area (Å²) in [6, 6.07) is -1.61. The molecule has 0 aromatic carbocycles. The molecule has 13 nitrogen and oxygen atoms in total. The third kappa shape index (κ3) is 9.39. The molecule has 0 saturated heterocycles. The van der Waals surface area contributed by atoms with Crippen molar-refractivity contribution in [1.82, 2.24) is 0 Å². The highest BCUT2D eigenvalue weighted by Crippen LogP contribution is 2.05. The van der Waals surface area contributed by atoms with E-state index in [4.69, 9.17) is 41.5 Å². The van der Waals surface area contributed by atoms with Gasteiger partial charge in [-0.05, 0) is 0 Å². The molecule has 0 saturated carbocycles. The smallest absolute Gasteiger partial charge is 0.217 e. The largest absolute Gasteiger partial charge is 0.394 e. The van der Waals surface area contributed by atoms with E-state index in [-0.39, 0.29) is 6.29 Å². The van der Waals surface area contributed by atoms with Gasteiger partial charge < -0.3 is 56.5 Å². The average Bonchev–Trinajstić information content (AvgIpc) is 2.68. The van der Waals surface area contributed by atoms with Crippen LogP contribution in [-0.4, -0.2) is 126 Å². The Morgan fingerprint density at radius 2 is 1.19 bits per heavy atom. The second-order valence-corrected chi connectivity index (χ2v) is 5.54. The van der Waals surface area contributed by atoms with Crippen LogP contribution in [-0.2, 0) is 14.4 Å². The van der Waals surface area contributed by atoms with E-state index < -0.39 is 73.5 Å². The van der Waals surface area contributed by atoms with Crippen LogP contribution >= 0.6 is 0 Å². The zero-order valence-corrected chi connectivity index (χ0v) is 14.4. The monoisotopic (exact) mass is 401 g/mol. The highest BCUT2D eigenvalue weighted by atomic mass is 16.4. The number of carbonyl (C=O) groups excluding carboxylic acids is 3. The average molecular weight is 401 g/mol. The van der Waals surface area contributed by atoms with Gasteiger partial charge in [-0.2, -0.15) is 0 Å². The SMILES string of the molecule is CC(=O)C(=O)[C@H](N)[C@@H](O)[C@@H](O)[C@H](O)CO.O=C[C@H](O)[C@@H](O)[C@@H](O)[C@H](O)CO. The number of hydrogen-bond donors (Lipinski definition) is 10. The van der Waals surface area contributed by atoms with Crippen molar-refractivity contribution in [3.8, 4) is 0 Å². The molecule has 0 heterocycles. The van der Waals surface area contributed by atoms with Gasteiger partial charge in [-0.25, -0.2) is 0 Å². The van der Waals surface area contributed by atoms with Gasteiger partial charge in [-0.3, -0.25) is 9.59 Å². The van der Waals surface area contributed by atoms with Crippen molar-refractivity contribution >= 4 is 17.9 Å². The van der Waals surface area contributed by atoms with E-state index in [2.05, 4.69) is 0 Å². The molecule has 0 amide bonds. The Morgan fingerprint density at radius 1 is 0.815 bits per heavy atom. The van der Waals surface area contributed by atoms with Crippen LogP contribution in [0.15, 0.2) is 0 Å². The summed E-state index contributed by atoms with van der Waals surface area (Å²) in [7, 11) is 0. The normalized spacial score (nSPS) is 20.0. The summed E-state index contributed by atoms with van der Waals surface area (Å²) in [6.07, 6.45) is -12.0. The number of Topliss-reactive ketones (excluding diaryl/α,β-unsaturated/α-hetero) is 2. The Kier molecular flexibility index (Phi) is 14.1. The van der Waals surface area contributed by atoms with E-state index in [9.17, 15) is 24.6 Å². The van der Waals surface area contributed by atoms with Crippen molar-refractivity contribution in [2.75, 3.05) is 13.2 Å². The van der Waals surface area contributed by atoms with Gasteiger partial charge >= 0.3 is 0 Å². The van der Waals surface area contributed by atoms with Crippen molar-refractivity contribution in [2.45, 2.75) is 55.7 Å². The highest BCUT2D eigenvalue weighted by molar-refractivity contribution is 6.38. The van der Waals surface area contributed by atoms with Crippen molar-refractivity contribution in [2.24, 2.45) is 5.73 Å². The Balaban J connectivity index is 0. The van der Waals surface area contributed by atoms with E-state index in [0.717, 1.165) is 6.92 Å². The third-order valence-electron chi connectivity index (χ3n) is 3.37. The van der Waals surface area contributed by atoms with Crippen LogP contribution < -0.4 is 5.73 Å². The number of hydrogen-bond acceptors (Lipinski definition) is 13. The molecule has 160 valence electrons. The first-order valence-electron chi connectivity index (χ1n) is 7.61. The molecule has 0 fully saturated rings. The van der Waals surface area contributed by atoms with Crippen LogP contribution in [0.25, 0.3) is 0 Å². The minimum absolute atomic E-state index is 0.0258. The number of rotatable bonds is 11. The lowest BCUT2D eigenvalue weighted by atomic mass is 9.97. The van der Waals surface area contributed by atoms with Crippen molar-refractivity contribution in [3.05, 3.63) is 0 Å². The fourth-order valence-electron chi connectivity index (χ4n) is 1.56. The molecule has 0 rings (SSSR count). The minimum Gasteiger partial charge on any atom is -0.394 e.